The third kappa shape index (κ3) is 4.92. The van der Waals surface area contributed by atoms with Gasteiger partial charge in [0.25, 0.3) is 0 Å². The highest BCUT2D eigenvalue weighted by atomic mass is 19.4. The number of halogens is 3. The molecular weight excluding hydrogens is 279 g/mol. The molecule has 1 rings (SSSR count). The van der Waals surface area contributed by atoms with Crippen LogP contribution in [0.5, 0.6) is 0 Å². The summed E-state index contributed by atoms with van der Waals surface area (Å²) in [7, 11) is 0. The van der Waals surface area contributed by atoms with E-state index in [1.165, 1.54) is 6.07 Å². The molecule has 0 saturated heterocycles. The van der Waals surface area contributed by atoms with E-state index in [0.29, 0.717) is 5.69 Å². The predicted octanol–water partition coefficient (Wildman–Crippen LogP) is 4.60. The van der Waals surface area contributed by atoms with Crippen LogP contribution in [0.15, 0.2) is 18.2 Å². The molecule has 0 unspecified atom stereocenters. The third-order valence-electron chi connectivity index (χ3n) is 3.53. The Morgan fingerprint density at radius 1 is 1.19 bits per heavy atom. The van der Waals surface area contributed by atoms with Gasteiger partial charge in [-0.15, -0.1) is 0 Å². The predicted molar refractivity (Wildman–Crippen MR) is 79.4 cm³/mol. The highest BCUT2D eigenvalue weighted by Gasteiger charge is 2.33. The van der Waals surface area contributed by atoms with Crippen molar-refractivity contribution in [2.24, 2.45) is 0 Å². The van der Waals surface area contributed by atoms with Crippen LogP contribution in [0.1, 0.15) is 51.2 Å². The van der Waals surface area contributed by atoms with Crippen LogP contribution in [0.3, 0.4) is 0 Å². The van der Waals surface area contributed by atoms with E-state index < -0.39 is 18.3 Å². The average molecular weight is 303 g/mol. The average Bonchev–Trinajstić information content (AvgIpc) is 2.41. The molecule has 1 aromatic carbocycles. The summed E-state index contributed by atoms with van der Waals surface area (Å²) in [6, 6.07) is 4.31. The molecular formula is C16H24F3NO. The van der Waals surface area contributed by atoms with Crippen LogP contribution in [-0.4, -0.2) is 17.7 Å². The van der Waals surface area contributed by atoms with Gasteiger partial charge in [-0.3, -0.25) is 0 Å². The number of alkyl halides is 3. The largest absolute Gasteiger partial charge is 0.416 e. The Balaban J connectivity index is 3.09. The molecule has 0 heterocycles. The maximum Gasteiger partial charge on any atom is 0.416 e. The van der Waals surface area contributed by atoms with E-state index in [9.17, 15) is 13.2 Å². The Morgan fingerprint density at radius 2 is 1.86 bits per heavy atom. The van der Waals surface area contributed by atoms with Gasteiger partial charge in [0, 0.05) is 18.3 Å². The summed E-state index contributed by atoms with van der Waals surface area (Å²) < 4.78 is 39.2. The number of aliphatic hydroxyl groups excluding tert-OH is 1. The van der Waals surface area contributed by atoms with Crippen LogP contribution in [0.2, 0.25) is 0 Å². The second-order valence-electron chi connectivity index (χ2n) is 5.49. The normalized spacial score (nSPS) is 12.0. The zero-order chi connectivity index (χ0) is 16.0. The lowest BCUT2D eigenvalue weighted by Crippen LogP contribution is -2.32. The number of hydrogen-bond donors (Lipinski definition) is 1. The fraction of sp³-hybridized carbons (Fsp3) is 0.625. The summed E-state index contributed by atoms with van der Waals surface area (Å²) in [5, 5.41) is 9.08. The Bertz CT molecular complexity index is 444. The lowest BCUT2D eigenvalue weighted by atomic mass is 10.0. The van der Waals surface area contributed by atoms with Crippen molar-refractivity contribution in [2.75, 3.05) is 11.4 Å². The van der Waals surface area contributed by atoms with Crippen molar-refractivity contribution in [1.82, 2.24) is 0 Å². The van der Waals surface area contributed by atoms with Crippen LogP contribution in [0.4, 0.5) is 18.9 Å². The molecule has 0 amide bonds. The van der Waals surface area contributed by atoms with E-state index in [1.807, 2.05) is 18.7 Å². The molecule has 1 N–H and O–H groups in total. The summed E-state index contributed by atoms with van der Waals surface area (Å²) in [5.74, 6) is 0. The van der Waals surface area contributed by atoms with Gasteiger partial charge in [-0.05, 0) is 38.0 Å². The lowest BCUT2D eigenvalue weighted by molar-refractivity contribution is -0.138. The van der Waals surface area contributed by atoms with E-state index in [4.69, 9.17) is 5.11 Å². The first-order valence-corrected chi connectivity index (χ1v) is 7.38. The van der Waals surface area contributed by atoms with Gasteiger partial charge in [0.2, 0.25) is 0 Å². The maximum atomic E-state index is 13.1. The van der Waals surface area contributed by atoms with Gasteiger partial charge >= 0.3 is 6.18 Å². The first-order chi connectivity index (χ1) is 9.81. The fourth-order valence-corrected chi connectivity index (χ4v) is 2.36. The van der Waals surface area contributed by atoms with Gasteiger partial charge in [-0.25, -0.2) is 0 Å². The highest BCUT2D eigenvalue weighted by Crippen LogP contribution is 2.35. The molecule has 0 aliphatic heterocycles. The molecule has 0 atom stereocenters. The van der Waals surface area contributed by atoms with E-state index in [-0.39, 0.29) is 11.6 Å². The lowest BCUT2D eigenvalue weighted by Gasteiger charge is -2.30. The van der Waals surface area contributed by atoms with Crippen molar-refractivity contribution < 1.29 is 18.3 Å². The van der Waals surface area contributed by atoms with Crippen LogP contribution in [0, 0.1) is 0 Å². The fourth-order valence-electron chi connectivity index (χ4n) is 2.36. The molecule has 0 saturated carbocycles. The second kappa shape index (κ2) is 7.69. The quantitative estimate of drug-likeness (QED) is 0.744. The molecule has 0 radical (unpaired) electrons. The van der Waals surface area contributed by atoms with Crippen molar-refractivity contribution >= 4 is 5.69 Å². The van der Waals surface area contributed by atoms with Crippen LogP contribution >= 0.6 is 0 Å². The van der Waals surface area contributed by atoms with Crippen molar-refractivity contribution in [2.45, 2.75) is 58.9 Å². The van der Waals surface area contributed by atoms with Gasteiger partial charge in [0.15, 0.2) is 0 Å². The van der Waals surface area contributed by atoms with Crippen molar-refractivity contribution in [3.63, 3.8) is 0 Å². The minimum Gasteiger partial charge on any atom is -0.392 e. The molecule has 1 aromatic rings. The monoisotopic (exact) mass is 303 g/mol. The Morgan fingerprint density at radius 3 is 2.33 bits per heavy atom. The topological polar surface area (TPSA) is 23.5 Å². The molecule has 5 heteroatoms. The molecule has 120 valence electrons. The van der Waals surface area contributed by atoms with E-state index in [1.54, 1.807) is 6.07 Å². The van der Waals surface area contributed by atoms with E-state index in [0.717, 1.165) is 31.9 Å². The Hall–Kier alpha value is -1.23. The van der Waals surface area contributed by atoms with Crippen molar-refractivity contribution in [3.8, 4) is 0 Å². The summed E-state index contributed by atoms with van der Waals surface area (Å²) >= 11 is 0. The van der Waals surface area contributed by atoms with E-state index in [2.05, 4.69) is 6.92 Å². The molecule has 0 bridgehead atoms. The zero-order valence-corrected chi connectivity index (χ0v) is 12.9. The molecule has 0 fully saturated rings. The maximum absolute atomic E-state index is 13.1. The number of aliphatic hydroxyl groups is 1. The van der Waals surface area contributed by atoms with Crippen LogP contribution < -0.4 is 4.90 Å². The van der Waals surface area contributed by atoms with Gasteiger partial charge < -0.3 is 10.0 Å². The minimum atomic E-state index is -4.44. The van der Waals surface area contributed by atoms with Crippen LogP contribution in [-0.2, 0) is 12.8 Å². The van der Waals surface area contributed by atoms with Gasteiger partial charge in [0.1, 0.15) is 0 Å². The van der Waals surface area contributed by atoms with E-state index >= 15 is 0 Å². The number of benzene rings is 1. The SMILES string of the molecule is CCCCCN(c1ccc(CO)c(C(F)(F)F)c1)C(C)C. The molecule has 2 nitrogen and oxygen atoms in total. The summed E-state index contributed by atoms with van der Waals surface area (Å²) in [4.78, 5) is 1.98. The molecule has 0 aromatic heterocycles. The number of rotatable bonds is 7. The summed E-state index contributed by atoms with van der Waals surface area (Å²) in [5.41, 5.74) is -0.266. The second-order valence-corrected chi connectivity index (χ2v) is 5.49. The molecule has 0 aliphatic carbocycles. The zero-order valence-electron chi connectivity index (χ0n) is 12.9. The van der Waals surface area contributed by atoms with Crippen molar-refractivity contribution in [1.29, 1.82) is 0 Å². The standard InChI is InChI=1S/C16H24F3NO/c1-4-5-6-9-20(12(2)3)14-8-7-13(11-21)15(10-14)16(17,18)19/h7-8,10,12,21H,4-6,9,11H2,1-3H3. The first kappa shape index (κ1) is 17.8. The number of anilines is 1. The van der Waals surface area contributed by atoms with Crippen molar-refractivity contribution in [3.05, 3.63) is 29.3 Å². The first-order valence-electron chi connectivity index (χ1n) is 7.38. The van der Waals surface area contributed by atoms with Gasteiger partial charge in [-0.2, -0.15) is 13.2 Å². The number of unbranched alkanes of at least 4 members (excludes halogenated alkanes) is 2. The summed E-state index contributed by atoms with van der Waals surface area (Å²) in [6.45, 7) is 6.17. The molecule has 0 aliphatic rings. The van der Waals surface area contributed by atoms with Crippen LogP contribution in [0.25, 0.3) is 0 Å². The van der Waals surface area contributed by atoms with Gasteiger partial charge in [0.05, 0.1) is 12.2 Å². The number of hydrogen-bond acceptors (Lipinski definition) is 2. The molecule has 21 heavy (non-hydrogen) atoms. The Labute approximate surface area is 124 Å². The molecule has 0 spiro atoms. The van der Waals surface area contributed by atoms with Gasteiger partial charge in [-0.1, -0.05) is 25.8 Å². The minimum absolute atomic E-state index is 0.0801. The highest BCUT2D eigenvalue weighted by molar-refractivity contribution is 5.52. The third-order valence-corrected chi connectivity index (χ3v) is 3.53. The summed E-state index contributed by atoms with van der Waals surface area (Å²) in [6.07, 6.45) is -1.36. The number of nitrogens with zero attached hydrogens (tertiary/aromatic N) is 1. The Kier molecular flexibility index (Phi) is 6.52. The smallest absolute Gasteiger partial charge is 0.392 e.